The molecule has 0 aliphatic carbocycles. The summed E-state index contributed by atoms with van der Waals surface area (Å²) in [7, 11) is 1.11. The summed E-state index contributed by atoms with van der Waals surface area (Å²) in [5, 5.41) is 3.10. The van der Waals surface area contributed by atoms with Gasteiger partial charge in [-0.05, 0) is 31.2 Å². The first-order valence-electron chi connectivity index (χ1n) is 8.55. The van der Waals surface area contributed by atoms with Crippen LogP contribution in [-0.2, 0) is 21.4 Å². The van der Waals surface area contributed by atoms with Gasteiger partial charge in [0.1, 0.15) is 10.9 Å². The molecule has 166 valence electrons. The van der Waals surface area contributed by atoms with E-state index < -0.39 is 41.5 Å². The van der Waals surface area contributed by atoms with E-state index in [1.54, 1.807) is 0 Å². The van der Waals surface area contributed by atoms with Crippen LogP contribution in [0, 0.1) is 6.92 Å². The number of aromatic nitrogens is 1. The number of benzene rings is 1. The Morgan fingerprint density at radius 3 is 2.39 bits per heavy atom. The summed E-state index contributed by atoms with van der Waals surface area (Å²) in [6.07, 6.45) is -10.9. The summed E-state index contributed by atoms with van der Waals surface area (Å²) < 4.78 is 86.2. The molecule has 3 rings (SSSR count). The number of carbonyl (C=O) groups excluding carboxylic acids is 1. The monoisotopic (exact) mass is 466 g/mol. The third kappa shape index (κ3) is 4.18. The summed E-state index contributed by atoms with van der Waals surface area (Å²) in [5.74, 6) is -0.808. The molecule has 0 fully saturated rings. The number of methoxy groups -OCH3 is 1. The molecule has 0 N–H and O–H groups in total. The molecule has 0 radical (unpaired) electrons. The number of aryl methyl sites for hydroxylation is 1. The van der Waals surface area contributed by atoms with Crippen molar-refractivity contribution in [1.82, 2.24) is 4.98 Å². The van der Waals surface area contributed by atoms with E-state index in [-0.39, 0.29) is 27.7 Å². The first-order valence-corrected chi connectivity index (χ1v) is 8.92. The van der Waals surface area contributed by atoms with Crippen LogP contribution in [0.5, 0.6) is 0 Å². The fourth-order valence-corrected chi connectivity index (χ4v) is 3.31. The van der Waals surface area contributed by atoms with Crippen molar-refractivity contribution < 1.29 is 40.7 Å². The van der Waals surface area contributed by atoms with Crippen molar-refractivity contribution in [2.75, 3.05) is 7.11 Å². The minimum atomic E-state index is -5.11. The van der Waals surface area contributed by atoms with E-state index in [4.69, 9.17) is 16.4 Å². The normalized spacial score (nSPS) is 19.1. The number of esters is 1. The van der Waals surface area contributed by atoms with Crippen LogP contribution in [0.15, 0.2) is 35.5 Å². The number of ether oxygens (including phenoxy) is 1. The number of hydrogen-bond acceptors (Lipinski definition) is 5. The van der Waals surface area contributed by atoms with Crippen LogP contribution in [0.2, 0.25) is 5.15 Å². The number of hydrogen-bond donors (Lipinski definition) is 0. The van der Waals surface area contributed by atoms with Crippen LogP contribution in [-0.4, -0.2) is 30.0 Å². The number of rotatable bonds is 3. The van der Waals surface area contributed by atoms with Crippen LogP contribution < -0.4 is 0 Å². The molecular weight excluding hydrogens is 454 g/mol. The van der Waals surface area contributed by atoms with Crippen molar-refractivity contribution in [2.24, 2.45) is 5.16 Å². The van der Waals surface area contributed by atoms with Crippen molar-refractivity contribution in [2.45, 2.75) is 31.3 Å². The van der Waals surface area contributed by atoms with Gasteiger partial charge < -0.3 is 9.57 Å². The number of carbonyl (C=O) groups is 1. The molecule has 1 aromatic heterocycles. The lowest BCUT2D eigenvalue weighted by Crippen LogP contribution is -2.43. The van der Waals surface area contributed by atoms with Crippen molar-refractivity contribution in [1.29, 1.82) is 0 Å². The first-order chi connectivity index (χ1) is 14.3. The van der Waals surface area contributed by atoms with Gasteiger partial charge in [-0.15, -0.1) is 0 Å². The zero-order valence-corrected chi connectivity index (χ0v) is 16.6. The molecule has 2 heterocycles. The Bertz CT molecular complexity index is 1070. The van der Waals surface area contributed by atoms with Crippen molar-refractivity contribution >= 4 is 23.3 Å². The van der Waals surface area contributed by atoms with E-state index in [9.17, 15) is 31.1 Å². The molecule has 1 unspecified atom stereocenters. The highest BCUT2D eigenvalue weighted by atomic mass is 35.5. The quantitative estimate of drug-likeness (QED) is 0.344. The number of alkyl halides is 6. The summed E-state index contributed by atoms with van der Waals surface area (Å²) >= 11 is 5.90. The Morgan fingerprint density at radius 1 is 1.16 bits per heavy atom. The van der Waals surface area contributed by atoms with E-state index in [0.29, 0.717) is 6.07 Å². The summed E-state index contributed by atoms with van der Waals surface area (Å²) in [6.45, 7) is 1.24. The van der Waals surface area contributed by atoms with E-state index in [2.05, 4.69) is 14.9 Å². The minimum absolute atomic E-state index is 0.0332. The second-order valence-corrected chi connectivity index (χ2v) is 7.10. The third-order valence-electron chi connectivity index (χ3n) is 4.61. The number of nitrogens with zero attached hydrogens (tertiary/aromatic N) is 2. The van der Waals surface area contributed by atoms with Crippen LogP contribution in [0.4, 0.5) is 26.3 Å². The smallest absolute Gasteiger partial charge is 0.435 e. The Kier molecular flexibility index (Phi) is 5.68. The number of oxime groups is 1. The van der Waals surface area contributed by atoms with Gasteiger partial charge in [0.25, 0.3) is 5.60 Å². The van der Waals surface area contributed by atoms with Gasteiger partial charge in [0.2, 0.25) is 0 Å². The van der Waals surface area contributed by atoms with Crippen molar-refractivity contribution in [3.8, 4) is 0 Å². The third-order valence-corrected chi connectivity index (χ3v) is 4.89. The zero-order valence-electron chi connectivity index (χ0n) is 15.9. The molecule has 1 aliphatic rings. The Hall–Kier alpha value is -2.82. The standard InChI is InChI=1S/C19H13ClF6N2O3/c1-9-5-10(7-11(6-9)18(21,22)23)17(19(24,25)26)8-14(28-31-17)13-4-3-12(15(20)27-13)16(29)30-2/h3-7H,8H2,1-2H3. The summed E-state index contributed by atoms with van der Waals surface area (Å²) in [4.78, 5) is 20.2. The van der Waals surface area contributed by atoms with E-state index in [1.165, 1.54) is 19.1 Å². The predicted octanol–water partition coefficient (Wildman–Crippen LogP) is 5.43. The lowest BCUT2D eigenvalue weighted by molar-refractivity contribution is -0.276. The van der Waals surface area contributed by atoms with Crippen LogP contribution in [0.3, 0.4) is 0 Å². The highest BCUT2D eigenvalue weighted by molar-refractivity contribution is 6.32. The highest BCUT2D eigenvalue weighted by Crippen LogP contribution is 2.49. The molecule has 12 heteroatoms. The highest BCUT2D eigenvalue weighted by Gasteiger charge is 2.62. The zero-order chi connectivity index (χ0) is 23.2. The molecule has 1 aromatic carbocycles. The molecule has 0 saturated carbocycles. The fraction of sp³-hybridized carbons (Fsp3) is 0.316. The minimum Gasteiger partial charge on any atom is -0.465 e. The Morgan fingerprint density at radius 2 is 1.84 bits per heavy atom. The number of halogens is 7. The SMILES string of the molecule is COC(=O)c1ccc(C2=NOC(c3cc(C)cc(C(F)(F)F)c3)(C(F)(F)F)C2)nc1Cl. The van der Waals surface area contributed by atoms with Gasteiger partial charge in [0.15, 0.2) is 0 Å². The van der Waals surface area contributed by atoms with Gasteiger partial charge >= 0.3 is 18.3 Å². The molecule has 0 amide bonds. The van der Waals surface area contributed by atoms with Crippen LogP contribution in [0.25, 0.3) is 0 Å². The lowest BCUT2D eigenvalue weighted by Gasteiger charge is -2.30. The first kappa shape index (κ1) is 22.9. The van der Waals surface area contributed by atoms with Crippen LogP contribution >= 0.6 is 11.6 Å². The van der Waals surface area contributed by atoms with Crippen LogP contribution in [0.1, 0.15) is 39.2 Å². The largest absolute Gasteiger partial charge is 0.465 e. The predicted molar refractivity (Wildman–Crippen MR) is 96.7 cm³/mol. The van der Waals surface area contributed by atoms with Gasteiger partial charge in [-0.1, -0.05) is 28.4 Å². The van der Waals surface area contributed by atoms with Gasteiger partial charge in [-0.3, -0.25) is 0 Å². The molecule has 1 atom stereocenters. The van der Waals surface area contributed by atoms with Crippen molar-refractivity contribution in [3.05, 3.63) is 63.4 Å². The molecular formula is C19H13ClF6N2O3. The fourth-order valence-electron chi connectivity index (χ4n) is 3.08. The molecule has 2 aromatic rings. The van der Waals surface area contributed by atoms with E-state index in [1.807, 2.05) is 0 Å². The van der Waals surface area contributed by atoms with E-state index in [0.717, 1.165) is 19.2 Å². The maximum atomic E-state index is 14.1. The summed E-state index contributed by atoms with van der Waals surface area (Å²) in [6, 6.07) is 4.45. The van der Waals surface area contributed by atoms with Gasteiger partial charge in [-0.2, -0.15) is 26.3 Å². The Labute approximate surface area is 176 Å². The maximum absolute atomic E-state index is 14.1. The average Bonchev–Trinajstić information content (AvgIpc) is 3.13. The van der Waals surface area contributed by atoms with Gasteiger partial charge in [0, 0.05) is 5.56 Å². The Balaban J connectivity index is 2.04. The topological polar surface area (TPSA) is 60.8 Å². The number of pyridine rings is 1. The maximum Gasteiger partial charge on any atom is 0.435 e. The summed E-state index contributed by atoms with van der Waals surface area (Å²) in [5.41, 5.74) is -5.73. The molecule has 1 aliphatic heterocycles. The van der Waals surface area contributed by atoms with Crippen molar-refractivity contribution in [3.63, 3.8) is 0 Å². The lowest BCUT2D eigenvalue weighted by atomic mass is 9.85. The van der Waals surface area contributed by atoms with E-state index >= 15 is 0 Å². The molecule has 31 heavy (non-hydrogen) atoms. The second-order valence-electron chi connectivity index (χ2n) is 6.74. The van der Waals surface area contributed by atoms with Gasteiger partial charge in [0.05, 0.1) is 30.4 Å². The molecule has 0 spiro atoms. The molecule has 0 saturated heterocycles. The molecule has 5 nitrogen and oxygen atoms in total. The second kappa shape index (κ2) is 7.70. The average molecular weight is 467 g/mol. The molecule has 0 bridgehead atoms. The van der Waals surface area contributed by atoms with Gasteiger partial charge in [-0.25, -0.2) is 9.78 Å².